The van der Waals surface area contributed by atoms with E-state index in [4.69, 9.17) is 10.4 Å². The first-order valence-corrected chi connectivity index (χ1v) is 4.20. The summed E-state index contributed by atoms with van der Waals surface area (Å²) in [6.45, 7) is 0. The van der Waals surface area contributed by atoms with Crippen LogP contribution in [0, 0.1) is 11.3 Å². The van der Waals surface area contributed by atoms with E-state index in [1.54, 1.807) is 24.3 Å². The predicted molar refractivity (Wildman–Crippen MR) is 53.7 cm³/mol. The topological polar surface area (TPSA) is 81.3 Å². The molecule has 0 fully saturated rings. The van der Waals surface area contributed by atoms with Gasteiger partial charge in [0.2, 0.25) is 0 Å². The van der Waals surface area contributed by atoms with Crippen molar-refractivity contribution in [3.05, 3.63) is 42.0 Å². The van der Waals surface area contributed by atoms with Crippen molar-refractivity contribution in [2.45, 2.75) is 5.60 Å². The number of nitrogens with zero attached hydrogens (tertiary/aromatic N) is 1. The lowest BCUT2D eigenvalue weighted by molar-refractivity contribution is -0.148. The van der Waals surface area contributed by atoms with Crippen LogP contribution in [0.2, 0.25) is 0 Å². The van der Waals surface area contributed by atoms with E-state index >= 15 is 0 Å². The smallest absolute Gasteiger partial charge is 0.355 e. The first-order chi connectivity index (χ1) is 7.08. The van der Waals surface area contributed by atoms with E-state index in [2.05, 4.69) is 0 Å². The van der Waals surface area contributed by atoms with Gasteiger partial charge < -0.3 is 10.2 Å². The van der Waals surface area contributed by atoms with Crippen LogP contribution in [0.1, 0.15) is 5.56 Å². The zero-order valence-corrected chi connectivity index (χ0v) is 7.79. The van der Waals surface area contributed by atoms with Gasteiger partial charge in [-0.15, -0.1) is 0 Å². The van der Waals surface area contributed by atoms with Crippen LogP contribution >= 0.6 is 0 Å². The van der Waals surface area contributed by atoms with Gasteiger partial charge in [-0.05, 0) is 11.6 Å². The lowest BCUT2D eigenvalue weighted by atomic mass is 10.0. The highest BCUT2D eigenvalue weighted by atomic mass is 16.4. The van der Waals surface area contributed by atoms with E-state index in [0.29, 0.717) is 5.56 Å². The molecule has 1 aromatic rings. The van der Waals surface area contributed by atoms with Crippen LogP contribution < -0.4 is 0 Å². The molecule has 0 radical (unpaired) electrons. The molecule has 0 aliphatic heterocycles. The molecule has 76 valence electrons. The first-order valence-electron chi connectivity index (χ1n) is 4.20. The number of aliphatic carboxylic acids is 1. The van der Waals surface area contributed by atoms with Gasteiger partial charge in [-0.2, -0.15) is 5.26 Å². The van der Waals surface area contributed by atoms with Gasteiger partial charge in [-0.1, -0.05) is 36.4 Å². The fourth-order valence-corrected chi connectivity index (χ4v) is 0.937. The summed E-state index contributed by atoms with van der Waals surface area (Å²) in [5, 5.41) is 26.4. The summed E-state index contributed by atoms with van der Waals surface area (Å²) in [4.78, 5) is 10.5. The molecule has 1 rings (SSSR count). The van der Waals surface area contributed by atoms with Gasteiger partial charge in [0.1, 0.15) is 6.07 Å². The second-order valence-corrected chi connectivity index (χ2v) is 2.93. The van der Waals surface area contributed by atoms with Gasteiger partial charge in [0.15, 0.2) is 0 Å². The molecule has 15 heavy (non-hydrogen) atoms. The minimum Gasteiger partial charge on any atom is -0.478 e. The maximum Gasteiger partial charge on any atom is 0.355 e. The standard InChI is InChI=1S/C11H9NO3/c12-8-11(15,10(13)14)7-6-9-4-2-1-3-5-9/h1-7,15H,(H,13,14)/b7-6+. The van der Waals surface area contributed by atoms with E-state index in [1.807, 2.05) is 6.07 Å². The average Bonchev–Trinajstić information content (AvgIpc) is 2.27. The van der Waals surface area contributed by atoms with Gasteiger partial charge in [-0.25, -0.2) is 4.79 Å². The van der Waals surface area contributed by atoms with E-state index in [1.165, 1.54) is 12.1 Å². The molecule has 0 spiro atoms. The quantitative estimate of drug-likeness (QED) is 0.719. The van der Waals surface area contributed by atoms with Crippen molar-refractivity contribution in [1.29, 1.82) is 5.26 Å². The predicted octanol–water partition coefficient (Wildman–Crippen LogP) is 1.04. The minimum absolute atomic E-state index is 0.715. The zero-order valence-electron chi connectivity index (χ0n) is 7.79. The molecule has 4 heteroatoms. The molecule has 0 aliphatic carbocycles. The molecule has 0 bridgehead atoms. The molecule has 0 aliphatic rings. The first kappa shape index (κ1) is 11.0. The van der Waals surface area contributed by atoms with Crippen molar-refractivity contribution in [2.75, 3.05) is 0 Å². The van der Waals surface area contributed by atoms with Gasteiger partial charge in [0.25, 0.3) is 5.60 Å². The third-order valence-electron chi connectivity index (χ3n) is 1.81. The Kier molecular flexibility index (Phi) is 3.21. The maximum absolute atomic E-state index is 10.5. The second-order valence-electron chi connectivity index (χ2n) is 2.93. The number of hydrogen-bond acceptors (Lipinski definition) is 3. The Morgan fingerprint density at radius 1 is 1.40 bits per heavy atom. The zero-order chi connectivity index (χ0) is 11.3. The second kappa shape index (κ2) is 4.40. The van der Waals surface area contributed by atoms with E-state index in [9.17, 15) is 9.90 Å². The molecule has 0 aromatic heterocycles. The Hall–Kier alpha value is -2.12. The molecule has 0 saturated carbocycles. The monoisotopic (exact) mass is 203 g/mol. The summed E-state index contributed by atoms with van der Waals surface area (Å²) in [7, 11) is 0. The van der Waals surface area contributed by atoms with Gasteiger partial charge in [0, 0.05) is 0 Å². The number of aliphatic hydroxyl groups is 1. The molecular weight excluding hydrogens is 194 g/mol. The molecule has 1 atom stereocenters. The van der Waals surface area contributed by atoms with Crippen molar-refractivity contribution >= 4 is 12.0 Å². The Labute approximate surface area is 86.7 Å². The van der Waals surface area contributed by atoms with Crippen LogP contribution in [0.4, 0.5) is 0 Å². The molecule has 1 aromatic carbocycles. The number of hydrogen-bond donors (Lipinski definition) is 2. The Morgan fingerprint density at radius 2 is 2.00 bits per heavy atom. The summed E-state index contributed by atoms with van der Waals surface area (Å²) < 4.78 is 0. The Morgan fingerprint density at radius 3 is 2.47 bits per heavy atom. The average molecular weight is 203 g/mol. The van der Waals surface area contributed by atoms with Crippen LogP contribution in [-0.2, 0) is 4.79 Å². The third kappa shape index (κ3) is 2.66. The Bertz CT molecular complexity index is 419. The number of nitriles is 1. The normalized spacial score (nSPS) is 14.4. The summed E-state index contributed by atoms with van der Waals surface area (Å²) in [6, 6.07) is 10.1. The van der Waals surface area contributed by atoms with Gasteiger partial charge in [0.05, 0.1) is 0 Å². The van der Waals surface area contributed by atoms with Gasteiger partial charge in [-0.3, -0.25) is 0 Å². The molecule has 1 unspecified atom stereocenters. The molecule has 4 nitrogen and oxygen atoms in total. The third-order valence-corrected chi connectivity index (χ3v) is 1.81. The number of carbonyl (C=O) groups is 1. The fraction of sp³-hybridized carbons (Fsp3) is 0.0909. The summed E-state index contributed by atoms with van der Waals surface area (Å²) in [5.74, 6) is -1.59. The highest BCUT2D eigenvalue weighted by molar-refractivity contribution is 5.84. The molecule has 0 heterocycles. The van der Waals surface area contributed by atoms with Crippen LogP contribution in [0.25, 0.3) is 6.08 Å². The van der Waals surface area contributed by atoms with Gasteiger partial charge >= 0.3 is 5.97 Å². The van der Waals surface area contributed by atoms with Crippen molar-refractivity contribution in [3.8, 4) is 6.07 Å². The minimum atomic E-state index is -2.46. The van der Waals surface area contributed by atoms with Crippen molar-refractivity contribution in [3.63, 3.8) is 0 Å². The molecule has 0 amide bonds. The van der Waals surface area contributed by atoms with E-state index in [-0.39, 0.29) is 0 Å². The van der Waals surface area contributed by atoms with Crippen LogP contribution in [0.15, 0.2) is 36.4 Å². The lowest BCUT2D eigenvalue weighted by Gasteiger charge is -2.08. The molecular formula is C11H9NO3. The van der Waals surface area contributed by atoms with Crippen molar-refractivity contribution < 1.29 is 15.0 Å². The number of rotatable bonds is 3. The van der Waals surface area contributed by atoms with E-state index < -0.39 is 11.6 Å². The van der Waals surface area contributed by atoms with Crippen LogP contribution in [0.3, 0.4) is 0 Å². The number of carboxylic acid groups (broad SMARTS) is 1. The van der Waals surface area contributed by atoms with E-state index in [0.717, 1.165) is 6.08 Å². The number of carboxylic acids is 1. The largest absolute Gasteiger partial charge is 0.478 e. The Balaban J connectivity index is 2.91. The fourth-order valence-electron chi connectivity index (χ4n) is 0.937. The summed E-state index contributed by atoms with van der Waals surface area (Å²) in [5.41, 5.74) is -1.75. The van der Waals surface area contributed by atoms with Crippen LogP contribution in [-0.4, -0.2) is 21.8 Å². The van der Waals surface area contributed by atoms with Crippen LogP contribution in [0.5, 0.6) is 0 Å². The highest BCUT2D eigenvalue weighted by Gasteiger charge is 2.32. The number of benzene rings is 1. The van der Waals surface area contributed by atoms with Crippen molar-refractivity contribution in [2.24, 2.45) is 0 Å². The molecule has 0 saturated heterocycles. The highest BCUT2D eigenvalue weighted by Crippen LogP contribution is 2.09. The summed E-state index contributed by atoms with van der Waals surface area (Å²) >= 11 is 0. The SMILES string of the molecule is N#CC(O)(/C=C/c1ccccc1)C(=O)O. The molecule has 2 N–H and O–H groups in total. The van der Waals surface area contributed by atoms with Crippen molar-refractivity contribution in [1.82, 2.24) is 0 Å². The summed E-state index contributed by atoms with van der Waals surface area (Å²) in [6.07, 6.45) is 2.34. The lowest BCUT2D eigenvalue weighted by Crippen LogP contribution is -2.34. The maximum atomic E-state index is 10.5.